The van der Waals surface area contributed by atoms with E-state index in [9.17, 15) is 0 Å². The Labute approximate surface area is 113 Å². The van der Waals surface area contributed by atoms with Crippen LogP contribution in [0.1, 0.15) is 25.7 Å². The zero-order valence-corrected chi connectivity index (χ0v) is 11.7. The van der Waals surface area contributed by atoms with Crippen LogP contribution >= 0.6 is 12.6 Å². The molecule has 0 unspecified atom stereocenters. The van der Waals surface area contributed by atoms with Crippen LogP contribution in [0.15, 0.2) is 24.8 Å². The molecule has 18 heavy (non-hydrogen) atoms. The lowest BCUT2D eigenvalue weighted by Crippen LogP contribution is -2.03. The highest BCUT2D eigenvalue weighted by molar-refractivity contribution is 7.80. The summed E-state index contributed by atoms with van der Waals surface area (Å²) in [6.45, 7) is 1.01. The molecule has 0 aliphatic rings. The van der Waals surface area contributed by atoms with Gasteiger partial charge in [0.05, 0.1) is 0 Å². The van der Waals surface area contributed by atoms with E-state index >= 15 is 0 Å². The fourth-order valence-corrected chi connectivity index (χ4v) is 2.25. The summed E-state index contributed by atoms with van der Waals surface area (Å²) in [4.78, 5) is 8.75. The molecule has 0 aliphatic heterocycles. The Morgan fingerprint density at radius 2 is 1.72 bits per heavy atom. The molecule has 0 saturated heterocycles. The molecular weight excluding hydrogens is 244 g/mol. The molecule has 0 spiro atoms. The largest absolute Gasteiger partial charge is 0.331 e. The molecule has 2 aromatic heterocycles. The summed E-state index contributed by atoms with van der Waals surface area (Å²) < 4.78 is 4.18. The second-order valence-corrected chi connectivity index (χ2v) is 4.89. The van der Waals surface area contributed by atoms with Crippen molar-refractivity contribution in [1.29, 1.82) is 0 Å². The summed E-state index contributed by atoms with van der Waals surface area (Å²) >= 11 is 4.22. The van der Waals surface area contributed by atoms with Crippen LogP contribution in [0.4, 0.5) is 0 Å². The van der Waals surface area contributed by atoms with Crippen LogP contribution in [0.2, 0.25) is 0 Å². The van der Waals surface area contributed by atoms with E-state index in [1.165, 1.54) is 25.7 Å². The van der Waals surface area contributed by atoms with Gasteiger partial charge in [-0.2, -0.15) is 12.6 Å². The van der Waals surface area contributed by atoms with Crippen LogP contribution in [0, 0.1) is 0 Å². The Bertz CT molecular complexity index is 475. The third-order valence-corrected chi connectivity index (χ3v) is 3.36. The molecule has 0 bridgehead atoms. The van der Waals surface area contributed by atoms with Crippen molar-refractivity contribution in [1.82, 2.24) is 19.1 Å². The number of aromatic nitrogens is 4. The van der Waals surface area contributed by atoms with E-state index in [0.717, 1.165) is 23.9 Å². The first-order valence-electron chi connectivity index (χ1n) is 6.42. The van der Waals surface area contributed by atoms with Gasteiger partial charge in [0.15, 0.2) is 11.6 Å². The van der Waals surface area contributed by atoms with Gasteiger partial charge >= 0.3 is 0 Å². The van der Waals surface area contributed by atoms with Crippen LogP contribution in [-0.2, 0) is 13.6 Å². The quantitative estimate of drug-likeness (QED) is 0.616. The minimum Gasteiger partial charge on any atom is -0.331 e. The van der Waals surface area contributed by atoms with Crippen molar-refractivity contribution in [2.45, 2.75) is 32.2 Å². The standard InChI is InChI=1S/C13H20N4S/c1-16-9-6-14-12(16)13-15-7-10-17(13)8-4-2-3-5-11-18/h6-7,9-10,18H,2-5,8,11H2,1H3. The lowest BCUT2D eigenvalue weighted by molar-refractivity contribution is 0.585. The molecule has 5 heteroatoms. The van der Waals surface area contributed by atoms with Gasteiger partial charge in [0.2, 0.25) is 0 Å². The van der Waals surface area contributed by atoms with E-state index in [4.69, 9.17) is 0 Å². The Morgan fingerprint density at radius 1 is 1.00 bits per heavy atom. The molecule has 0 atom stereocenters. The second kappa shape index (κ2) is 6.64. The van der Waals surface area contributed by atoms with Gasteiger partial charge in [0, 0.05) is 38.4 Å². The van der Waals surface area contributed by atoms with Crippen molar-refractivity contribution in [3.63, 3.8) is 0 Å². The van der Waals surface area contributed by atoms with E-state index in [0.29, 0.717) is 0 Å². The minimum atomic E-state index is 0.926. The summed E-state index contributed by atoms with van der Waals surface area (Å²) in [5.41, 5.74) is 0. The maximum atomic E-state index is 4.40. The highest BCUT2D eigenvalue weighted by Crippen LogP contribution is 2.15. The van der Waals surface area contributed by atoms with Crippen LogP contribution < -0.4 is 0 Å². The van der Waals surface area contributed by atoms with Crippen LogP contribution in [0.5, 0.6) is 0 Å². The second-order valence-electron chi connectivity index (χ2n) is 4.44. The van der Waals surface area contributed by atoms with E-state index in [2.05, 4.69) is 27.2 Å². The monoisotopic (exact) mass is 264 g/mol. The van der Waals surface area contributed by atoms with Gasteiger partial charge in [-0.05, 0) is 18.6 Å². The third kappa shape index (κ3) is 3.16. The van der Waals surface area contributed by atoms with Gasteiger partial charge in [-0.1, -0.05) is 12.8 Å². The van der Waals surface area contributed by atoms with Crippen LogP contribution in [-0.4, -0.2) is 24.9 Å². The smallest absolute Gasteiger partial charge is 0.176 e. The van der Waals surface area contributed by atoms with Crippen molar-refractivity contribution < 1.29 is 0 Å². The lowest BCUT2D eigenvalue weighted by Gasteiger charge is -2.07. The number of imidazole rings is 2. The normalized spacial score (nSPS) is 11.0. The molecule has 4 nitrogen and oxygen atoms in total. The van der Waals surface area contributed by atoms with Crippen molar-refractivity contribution >= 4 is 12.6 Å². The molecule has 0 N–H and O–H groups in total. The number of thiol groups is 1. The predicted octanol–water partition coefficient (Wildman–Crippen LogP) is 2.77. The van der Waals surface area contributed by atoms with E-state index < -0.39 is 0 Å². The van der Waals surface area contributed by atoms with Crippen molar-refractivity contribution in [2.75, 3.05) is 5.75 Å². The van der Waals surface area contributed by atoms with Gasteiger partial charge in [-0.15, -0.1) is 0 Å². The summed E-state index contributed by atoms with van der Waals surface area (Å²) in [7, 11) is 1.99. The van der Waals surface area contributed by atoms with E-state index in [1.54, 1.807) is 6.20 Å². The van der Waals surface area contributed by atoms with Crippen LogP contribution in [0.25, 0.3) is 11.6 Å². The number of unbranched alkanes of at least 4 members (excludes halogenated alkanes) is 3. The summed E-state index contributed by atoms with van der Waals surface area (Å²) in [5.74, 6) is 2.87. The average Bonchev–Trinajstić information content (AvgIpc) is 2.97. The van der Waals surface area contributed by atoms with Crippen molar-refractivity contribution in [2.24, 2.45) is 7.05 Å². The fraction of sp³-hybridized carbons (Fsp3) is 0.538. The molecular formula is C13H20N4S. The summed E-state index contributed by atoms with van der Waals surface area (Å²) in [5, 5.41) is 0. The highest BCUT2D eigenvalue weighted by Gasteiger charge is 2.09. The SMILES string of the molecule is Cn1ccnc1-c1nccn1CCCCCCS. The topological polar surface area (TPSA) is 35.6 Å². The first-order valence-corrected chi connectivity index (χ1v) is 7.06. The molecule has 2 heterocycles. The number of hydrogen-bond donors (Lipinski definition) is 1. The first kappa shape index (κ1) is 13.2. The minimum absolute atomic E-state index is 0.926. The maximum absolute atomic E-state index is 4.40. The third-order valence-electron chi connectivity index (χ3n) is 3.04. The number of rotatable bonds is 7. The molecule has 0 amide bonds. The summed E-state index contributed by atoms with van der Waals surface area (Å²) in [6, 6.07) is 0. The molecule has 0 aromatic carbocycles. The van der Waals surface area contributed by atoms with Gasteiger partial charge in [0.1, 0.15) is 0 Å². The fourth-order valence-electron chi connectivity index (χ4n) is 2.02. The van der Waals surface area contributed by atoms with E-state index in [-0.39, 0.29) is 0 Å². The van der Waals surface area contributed by atoms with Gasteiger partial charge in [-0.25, -0.2) is 9.97 Å². The Morgan fingerprint density at radius 3 is 2.44 bits per heavy atom. The summed E-state index contributed by atoms with van der Waals surface area (Å²) in [6.07, 6.45) is 12.5. The Kier molecular flexibility index (Phi) is 4.87. The average molecular weight is 264 g/mol. The lowest BCUT2D eigenvalue weighted by atomic mass is 10.2. The number of nitrogens with zero attached hydrogens (tertiary/aromatic N) is 4. The van der Waals surface area contributed by atoms with Gasteiger partial charge in [0.25, 0.3) is 0 Å². The van der Waals surface area contributed by atoms with Crippen molar-refractivity contribution in [3.8, 4) is 11.6 Å². The highest BCUT2D eigenvalue weighted by atomic mass is 32.1. The number of aryl methyl sites for hydroxylation is 2. The first-order chi connectivity index (χ1) is 8.83. The van der Waals surface area contributed by atoms with E-state index in [1.807, 2.05) is 30.2 Å². The zero-order chi connectivity index (χ0) is 12.8. The van der Waals surface area contributed by atoms with Crippen LogP contribution in [0.3, 0.4) is 0 Å². The molecule has 0 saturated carbocycles. The molecule has 0 aliphatic carbocycles. The zero-order valence-electron chi connectivity index (χ0n) is 10.8. The Hall–Kier alpha value is -1.23. The number of hydrogen-bond acceptors (Lipinski definition) is 3. The predicted molar refractivity (Wildman–Crippen MR) is 76.8 cm³/mol. The molecule has 0 fully saturated rings. The van der Waals surface area contributed by atoms with Crippen molar-refractivity contribution in [3.05, 3.63) is 24.8 Å². The Balaban J connectivity index is 1.94. The van der Waals surface area contributed by atoms with Gasteiger partial charge in [-0.3, -0.25) is 0 Å². The molecule has 2 aromatic rings. The maximum Gasteiger partial charge on any atom is 0.176 e. The molecule has 2 rings (SSSR count). The van der Waals surface area contributed by atoms with Gasteiger partial charge < -0.3 is 9.13 Å². The molecule has 0 radical (unpaired) electrons. The molecule has 98 valence electrons.